The van der Waals surface area contributed by atoms with Crippen LogP contribution in [0.3, 0.4) is 0 Å². The van der Waals surface area contributed by atoms with E-state index in [4.69, 9.17) is 11.6 Å². The van der Waals surface area contributed by atoms with Crippen LogP contribution in [0.2, 0.25) is 5.02 Å². The molecule has 29 heavy (non-hydrogen) atoms. The molecule has 0 saturated carbocycles. The first-order valence-electron chi connectivity index (χ1n) is 9.58. The van der Waals surface area contributed by atoms with Crippen molar-refractivity contribution >= 4 is 34.7 Å². The molecule has 0 fully saturated rings. The van der Waals surface area contributed by atoms with E-state index in [-0.39, 0.29) is 11.7 Å². The molecule has 1 amide bonds. The maximum atomic E-state index is 13.6. The number of benzene rings is 2. The lowest BCUT2D eigenvalue weighted by Crippen LogP contribution is -2.39. The second-order valence-electron chi connectivity index (χ2n) is 7.37. The number of hydrogen-bond donors (Lipinski definition) is 1. The second-order valence-corrected chi connectivity index (χ2v) is 7.77. The van der Waals surface area contributed by atoms with Gasteiger partial charge in [-0.1, -0.05) is 35.9 Å². The van der Waals surface area contributed by atoms with Gasteiger partial charge in [0.25, 0.3) is 0 Å². The molecule has 6 heteroatoms. The number of Topliss-reactive ketones (excluding diaryl/α,β-unsaturated/α-hetero) is 1. The van der Waals surface area contributed by atoms with Crippen LogP contribution in [0.25, 0.3) is 0 Å². The van der Waals surface area contributed by atoms with Crippen LogP contribution in [0.1, 0.15) is 37.7 Å². The van der Waals surface area contributed by atoms with Gasteiger partial charge in [-0.05, 0) is 49.6 Å². The monoisotopic (exact) mass is 410 g/mol. The summed E-state index contributed by atoms with van der Waals surface area (Å²) in [5, 5.41) is 3.28. The molecule has 0 spiro atoms. The average molecular weight is 411 g/mol. The first kappa shape index (κ1) is 19.5. The molecule has 2 aromatic rings. The summed E-state index contributed by atoms with van der Waals surface area (Å²) < 4.78 is 13.6. The summed E-state index contributed by atoms with van der Waals surface area (Å²) in [7, 11) is 0. The normalized spacial score (nSPS) is 21.5. The molecule has 2 atom stereocenters. The zero-order valence-corrected chi connectivity index (χ0v) is 16.7. The third-order valence-electron chi connectivity index (χ3n) is 5.45. The molecule has 2 aliphatic rings. The lowest BCUT2D eigenvalue weighted by atomic mass is 9.71. The fraction of sp³-hybridized carbons (Fsp3) is 0.261. The third-order valence-corrected chi connectivity index (χ3v) is 5.79. The first-order chi connectivity index (χ1) is 14.0. The van der Waals surface area contributed by atoms with Gasteiger partial charge in [0.15, 0.2) is 5.78 Å². The van der Waals surface area contributed by atoms with E-state index in [1.54, 1.807) is 19.1 Å². The van der Waals surface area contributed by atoms with Gasteiger partial charge in [-0.2, -0.15) is 0 Å². The highest BCUT2D eigenvalue weighted by Gasteiger charge is 2.43. The van der Waals surface area contributed by atoms with E-state index in [1.165, 1.54) is 18.2 Å². The SMILES string of the molecule is CC1=NC2=C(C(=O)CCC2)[C@@H](c2ccccc2Cl)C1C(=O)Nc1cccc(F)c1. The highest BCUT2D eigenvalue weighted by molar-refractivity contribution is 6.31. The van der Waals surface area contributed by atoms with E-state index in [9.17, 15) is 14.0 Å². The fourth-order valence-electron chi connectivity index (χ4n) is 4.20. The van der Waals surface area contributed by atoms with Crippen LogP contribution in [0.15, 0.2) is 64.8 Å². The minimum Gasteiger partial charge on any atom is -0.325 e. The maximum absolute atomic E-state index is 13.6. The molecule has 1 heterocycles. The van der Waals surface area contributed by atoms with Crippen molar-refractivity contribution in [2.75, 3.05) is 5.32 Å². The minimum atomic E-state index is -0.709. The van der Waals surface area contributed by atoms with Gasteiger partial charge in [0.05, 0.1) is 5.92 Å². The Kier molecular flexibility index (Phi) is 5.33. The lowest BCUT2D eigenvalue weighted by Gasteiger charge is -2.35. The van der Waals surface area contributed by atoms with Crippen molar-refractivity contribution in [2.24, 2.45) is 10.9 Å². The number of hydrogen-bond acceptors (Lipinski definition) is 3. The Bertz CT molecular complexity index is 1060. The van der Waals surface area contributed by atoms with Crippen LogP contribution in [-0.2, 0) is 9.59 Å². The van der Waals surface area contributed by atoms with Crippen LogP contribution in [-0.4, -0.2) is 17.4 Å². The van der Waals surface area contributed by atoms with Crippen molar-refractivity contribution in [1.29, 1.82) is 0 Å². The van der Waals surface area contributed by atoms with Crippen LogP contribution in [0.5, 0.6) is 0 Å². The standard InChI is InChI=1S/C23H20ClFN2O2/c1-13-20(23(29)27-15-7-4-6-14(25)12-15)21(16-8-2-3-9-17(16)24)22-18(26-13)10-5-11-19(22)28/h2-4,6-9,12,20-21H,5,10-11H2,1H3,(H,27,29)/t20?,21-/m0/s1. The van der Waals surface area contributed by atoms with Crippen molar-refractivity contribution < 1.29 is 14.0 Å². The van der Waals surface area contributed by atoms with E-state index >= 15 is 0 Å². The second kappa shape index (κ2) is 7.91. The Morgan fingerprint density at radius 2 is 1.97 bits per heavy atom. The number of nitrogens with one attached hydrogen (secondary N) is 1. The molecular weight excluding hydrogens is 391 g/mol. The maximum Gasteiger partial charge on any atom is 0.234 e. The quantitative estimate of drug-likeness (QED) is 0.746. The van der Waals surface area contributed by atoms with Gasteiger partial charge in [-0.25, -0.2) is 4.39 Å². The smallest absolute Gasteiger partial charge is 0.234 e. The highest BCUT2D eigenvalue weighted by Crippen LogP contribution is 2.45. The number of amides is 1. The topological polar surface area (TPSA) is 58.5 Å². The fourth-order valence-corrected chi connectivity index (χ4v) is 4.45. The number of carbonyl (C=O) groups excluding carboxylic acids is 2. The molecule has 1 aliphatic heterocycles. The number of allylic oxidation sites excluding steroid dienone is 2. The first-order valence-corrected chi connectivity index (χ1v) is 9.96. The Morgan fingerprint density at radius 3 is 2.72 bits per heavy atom. The number of ketones is 1. The van der Waals surface area contributed by atoms with Gasteiger partial charge < -0.3 is 5.32 Å². The highest BCUT2D eigenvalue weighted by atomic mass is 35.5. The average Bonchev–Trinajstić information content (AvgIpc) is 2.67. The molecule has 4 nitrogen and oxygen atoms in total. The van der Waals surface area contributed by atoms with Crippen molar-refractivity contribution in [1.82, 2.24) is 0 Å². The third kappa shape index (κ3) is 3.75. The Labute approximate surface area is 173 Å². The van der Waals surface area contributed by atoms with E-state index < -0.39 is 17.7 Å². The number of aliphatic imine (C=N–C) groups is 1. The van der Waals surface area contributed by atoms with E-state index in [0.717, 1.165) is 17.7 Å². The van der Waals surface area contributed by atoms with E-state index in [2.05, 4.69) is 10.3 Å². The van der Waals surface area contributed by atoms with Gasteiger partial charge >= 0.3 is 0 Å². The Hall–Kier alpha value is -2.79. The Balaban J connectivity index is 1.80. The van der Waals surface area contributed by atoms with Gasteiger partial charge in [0, 0.05) is 40.0 Å². The van der Waals surface area contributed by atoms with Crippen molar-refractivity contribution in [3.05, 3.63) is 76.2 Å². The number of rotatable bonds is 3. The minimum absolute atomic E-state index is 0.0102. The van der Waals surface area contributed by atoms with Crippen LogP contribution < -0.4 is 5.32 Å². The van der Waals surface area contributed by atoms with Gasteiger partial charge in [0.2, 0.25) is 5.91 Å². The number of carbonyl (C=O) groups is 2. The summed E-state index contributed by atoms with van der Waals surface area (Å²) in [4.78, 5) is 30.7. The molecule has 0 aromatic heterocycles. The zero-order chi connectivity index (χ0) is 20.5. The summed E-state index contributed by atoms with van der Waals surface area (Å²) in [5.74, 6) is -1.99. The number of halogens is 2. The molecule has 1 unspecified atom stereocenters. The Morgan fingerprint density at radius 1 is 1.17 bits per heavy atom. The molecule has 4 rings (SSSR count). The molecule has 2 aromatic carbocycles. The number of anilines is 1. The van der Waals surface area contributed by atoms with Crippen molar-refractivity contribution in [2.45, 2.75) is 32.1 Å². The van der Waals surface area contributed by atoms with Crippen LogP contribution in [0, 0.1) is 11.7 Å². The summed E-state index contributed by atoms with van der Waals surface area (Å²) in [6, 6.07) is 13.0. The largest absolute Gasteiger partial charge is 0.325 e. The molecule has 0 bridgehead atoms. The molecule has 0 radical (unpaired) electrons. The van der Waals surface area contributed by atoms with Gasteiger partial charge in [-0.15, -0.1) is 0 Å². The van der Waals surface area contributed by atoms with Crippen LogP contribution in [0.4, 0.5) is 10.1 Å². The van der Waals surface area contributed by atoms with Crippen molar-refractivity contribution in [3.63, 3.8) is 0 Å². The van der Waals surface area contributed by atoms with E-state index in [0.29, 0.717) is 34.8 Å². The number of nitrogens with zero attached hydrogens (tertiary/aromatic N) is 1. The van der Waals surface area contributed by atoms with E-state index in [1.807, 2.05) is 18.2 Å². The van der Waals surface area contributed by atoms with Crippen LogP contribution >= 0.6 is 11.6 Å². The molecule has 1 aliphatic carbocycles. The predicted molar refractivity (Wildman–Crippen MR) is 112 cm³/mol. The summed E-state index contributed by atoms with van der Waals surface area (Å²) in [6.07, 6.45) is 1.90. The molecular formula is C23H20ClFN2O2. The predicted octanol–water partition coefficient (Wildman–Crippen LogP) is 5.30. The summed E-state index contributed by atoms with van der Waals surface area (Å²) in [5.41, 5.74) is 3.03. The molecule has 1 N–H and O–H groups in total. The molecule has 0 saturated heterocycles. The van der Waals surface area contributed by atoms with Crippen molar-refractivity contribution in [3.8, 4) is 0 Å². The zero-order valence-electron chi connectivity index (χ0n) is 15.9. The summed E-state index contributed by atoms with van der Waals surface area (Å²) >= 11 is 6.48. The van der Waals surface area contributed by atoms with Gasteiger partial charge in [-0.3, -0.25) is 14.6 Å². The summed E-state index contributed by atoms with van der Waals surface area (Å²) in [6.45, 7) is 1.79. The van der Waals surface area contributed by atoms with Gasteiger partial charge in [0.1, 0.15) is 5.82 Å². The lowest BCUT2D eigenvalue weighted by molar-refractivity contribution is -0.119. The molecule has 148 valence electrons.